The van der Waals surface area contributed by atoms with E-state index in [1.165, 1.54) is 12.1 Å². The lowest BCUT2D eigenvalue weighted by Gasteiger charge is -2.35. The molecular weight excluding hydrogens is 287 g/mol. The molecule has 114 valence electrons. The second-order valence-electron chi connectivity index (χ2n) is 5.75. The number of thiocarbonyl (C=S) groups is 1. The van der Waals surface area contributed by atoms with Gasteiger partial charge in [0, 0.05) is 0 Å². The van der Waals surface area contributed by atoms with Crippen LogP contribution in [0.2, 0.25) is 0 Å². The Balaban J connectivity index is 2.11. The molecule has 1 aliphatic carbocycles. The first-order valence-electron chi connectivity index (χ1n) is 7.32. The third kappa shape index (κ3) is 3.40. The lowest BCUT2D eigenvalue weighted by molar-refractivity contribution is -0.129. The van der Waals surface area contributed by atoms with Crippen molar-refractivity contribution in [2.75, 3.05) is 0 Å². The molecule has 0 radical (unpaired) electrons. The van der Waals surface area contributed by atoms with Crippen LogP contribution in [0.25, 0.3) is 0 Å². The summed E-state index contributed by atoms with van der Waals surface area (Å²) in [6, 6.07) is 5.93. The lowest BCUT2D eigenvalue weighted by atomic mass is 9.73. The molecule has 0 spiro atoms. The van der Waals surface area contributed by atoms with Crippen molar-refractivity contribution in [2.24, 2.45) is 11.1 Å². The Labute approximate surface area is 130 Å². The van der Waals surface area contributed by atoms with E-state index in [2.05, 4.69) is 5.32 Å². The number of hydrogen-bond donors (Lipinski definition) is 2. The van der Waals surface area contributed by atoms with Gasteiger partial charge in [-0.25, -0.2) is 4.39 Å². The monoisotopic (exact) mass is 308 g/mol. The van der Waals surface area contributed by atoms with Gasteiger partial charge in [0.05, 0.1) is 16.4 Å². The zero-order valence-corrected chi connectivity index (χ0v) is 13.0. The molecule has 2 rings (SSSR count). The van der Waals surface area contributed by atoms with Crippen molar-refractivity contribution in [3.05, 3.63) is 35.6 Å². The van der Waals surface area contributed by atoms with Crippen LogP contribution in [0.3, 0.4) is 0 Å². The van der Waals surface area contributed by atoms with Crippen LogP contribution in [0.5, 0.6) is 0 Å². The first-order valence-corrected chi connectivity index (χ1v) is 7.73. The third-order valence-corrected chi connectivity index (χ3v) is 4.72. The largest absolute Gasteiger partial charge is 0.392 e. The number of benzene rings is 1. The molecule has 0 aliphatic heterocycles. The maximum atomic E-state index is 12.9. The highest BCUT2D eigenvalue weighted by molar-refractivity contribution is 7.80. The van der Waals surface area contributed by atoms with Crippen LogP contribution < -0.4 is 11.1 Å². The summed E-state index contributed by atoms with van der Waals surface area (Å²) < 4.78 is 12.9. The normalized spacial score (nSPS) is 18.8. The average Bonchev–Trinajstić information content (AvgIpc) is 2.48. The predicted octanol–water partition coefficient (Wildman–Crippen LogP) is 3.24. The van der Waals surface area contributed by atoms with Crippen LogP contribution in [-0.4, -0.2) is 10.9 Å². The van der Waals surface area contributed by atoms with Gasteiger partial charge in [-0.2, -0.15) is 0 Å². The van der Waals surface area contributed by atoms with Crippen LogP contribution in [0, 0.1) is 11.2 Å². The summed E-state index contributed by atoms with van der Waals surface area (Å²) >= 11 is 5.16. The minimum atomic E-state index is -0.720. The summed E-state index contributed by atoms with van der Waals surface area (Å²) in [6.07, 6.45) is 4.48. The molecule has 1 unspecified atom stereocenters. The minimum absolute atomic E-state index is 0.105. The van der Waals surface area contributed by atoms with E-state index in [0.717, 1.165) is 24.8 Å². The van der Waals surface area contributed by atoms with Crippen LogP contribution in [-0.2, 0) is 4.79 Å². The summed E-state index contributed by atoms with van der Waals surface area (Å²) in [5, 5.41) is 2.98. The smallest absolute Gasteiger partial charge is 0.233 e. The second-order valence-corrected chi connectivity index (χ2v) is 6.19. The topological polar surface area (TPSA) is 55.1 Å². The molecule has 1 aliphatic rings. The van der Waals surface area contributed by atoms with E-state index in [0.29, 0.717) is 12.8 Å². The molecule has 1 saturated carbocycles. The van der Waals surface area contributed by atoms with Crippen molar-refractivity contribution in [3.63, 3.8) is 0 Å². The first kappa shape index (κ1) is 15.9. The van der Waals surface area contributed by atoms with Crippen molar-refractivity contribution in [2.45, 2.75) is 45.1 Å². The van der Waals surface area contributed by atoms with E-state index in [-0.39, 0.29) is 22.8 Å². The van der Waals surface area contributed by atoms with E-state index in [9.17, 15) is 9.18 Å². The Morgan fingerprint density at radius 2 is 1.86 bits per heavy atom. The second kappa shape index (κ2) is 6.52. The Morgan fingerprint density at radius 3 is 2.38 bits per heavy atom. The van der Waals surface area contributed by atoms with Crippen LogP contribution >= 0.6 is 12.2 Å². The third-order valence-electron chi connectivity index (χ3n) is 4.33. The number of halogens is 1. The number of amides is 1. The van der Waals surface area contributed by atoms with Gasteiger partial charge in [-0.1, -0.05) is 43.6 Å². The maximum absolute atomic E-state index is 12.9. The van der Waals surface area contributed by atoms with Crippen molar-refractivity contribution < 1.29 is 9.18 Å². The fourth-order valence-electron chi connectivity index (χ4n) is 2.91. The van der Waals surface area contributed by atoms with Crippen molar-refractivity contribution in [3.8, 4) is 0 Å². The molecule has 5 heteroatoms. The molecule has 1 fully saturated rings. The molecule has 21 heavy (non-hydrogen) atoms. The van der Waals surface area contributed by atoms with Gasteiger partial charge in [0.15, 0.2) is 0 Å². The summed E-state index contributed by atoms with van der Waals surface area (Å²) in [5.74, 6) is -0.393. The Hall–Kier alpha value is -1.49. The molecule has 1 amide bonds. The van der Waals surface area contributed by atoms with E-state index in [4.69, 9.17) is 18.0 Å². The number of nitrogens with two attached hydrogens (primary N) is 1. The number of nitrogens with one attached hydrogen (secondary N) is 1. The Bertz CT molecular complexity index is 524. The van der Waals surface area contributed by atoms with Crippen molar-refractivity contribution in [1.29, 1.82) is 0 Å². The molecule has 0 saturated heterocycles. The van der Waals surface area contributed by atoms with E-state index in [1.807, 2.05) is 6.92 Å². The van der Waals surface area contributed by atoms with Gasteiger partial charge in [-0.05, 0) is 37.5 Å². The highest BCUT2D eigenvalue weighted by atomic mass is 32.1. The van der Waals surface area contributed by atoms with E-state index >= 15 is 0 Å². The SMILES string of the molecule is CC(NC(=O)C1(C(N)=S)CCCCC1)c1ccc(F)cc1. The molecule has 0 aromatic heterocycles. The summed E-state index contributed by atoms with van der Waals surface area (Å²) in [4.78, 5) is 12.9. The zero-order valence-electron chi connectivity index (χ0n) is 12.2. The summed E-state index contributed by atoms with van der Waals surface area (Å²) in [7, 11) is 0. The molecule has 3 nitrogen and oxygen atoms in total. The van der Waals surface area contributed by atoms with Gasteiger partial charge in [0.25, 0.3) is 0 Å². The minimum Gasteiger partial charge on any atom is -0.392 e. The Morgan fingerprint density at radius 1 is 1.29 bits per heavy atom. The zero-order chi connectivity index (χ0) is 15.5. The quantitative estimate of drug-likeness (QED) is 0.840. The first-order chi connectivity index (χ1) is 9.95. The molecule has 3 N–H and O–H groups in total. The van der Waals surface area contributed by atoms with Gasteiger partial charge in [-0.15, -0.1) is 0 Å². The van der Waals surface area contributed by atoms with Crippen LogP contribution in [0.1, 0.15) is 50.6 Å². The van der Waals surface area contributed by atoms with E-state index in [1.54, 1.807) is 12.1 Å². The molecular formula is C16H21FN2OS. The van der Waals surface area contributed by atoms with Gasteiger partial charge >= 0.3 is 0 Å². The number of rotatable bonds is 4. The maximum Gasteiger partial charge on any atom is 0.233 e. The van der Waals surface area contributed by atoms with Gasteiger partial charge < -0.3 is 11.1 Å². The molecule has 1 atom stereocenters. The van der Waals surface area contributed by atoms with Gasteiger partial charge in [0.1, 0.15) is 5.82 Å². The molecule has 0 heterocycles. The predicted molar refractivity (Wildman–Crippen MR) is 85.3 cm³/mol. The fourth-order valence-corrected chi connectivity index (χ4v) is 3.21. The van der Waals surface area contributed by atoms with Crippen LogP contribution in [0.4, 0.5) is 4.39 Å². The number of carbonyl (C=O) groups is 1. The standard InChI is InChI=1S/C16H21FN2OS/c1-11(12-5-7-13(17)8-6-12)19-15(20)16(14(18)21)9-3-2-4-10-16/h5-8,11H,2-4,9-10H2,1H3,(H2,18,21)(H,19,20). The number of carbonyl (C=O) groups excluding carboxylic acids is 1. The highest BCUT2D eigenvalue weighted by Crippen LogP contribution is 2.37. The Kier molecular flexibility index (Phi) is 4.93. The molecule has 1 aromatic carbocycles. The molecule has 0 bridgehead atoms. The van der Waals surface area contributed by atoms with Gasteiger partial charge in [-0.3, -0.25) is 4.79 Å². The summed E-state index contributed by atoms with van der Waals surface area (Å²) in [5.41, 5.74) is 6.00. The lowest BCUT2D eigenvalue weighted by Crippen LogP contribution is -2.50. The highest BCUT2D eigenvalue weighted by Gasteiger charge is 2.42. The fraction of sp³-hybridized carbons (Fsp3) is 0.500. The average molecular weight is 308 g/mol. The van der Waals surface area contributed by atoms with Crippen molar-refractivity contribution in [1.82, 2.24) is 5.32 Å². The van der Waals surface area contributed by atoms with Crippen LogP contribution in [0.15, 0.2) is 24.3 Å². The summed E-state index contributed by atoms with van der Waals surface area (Å²) in [6.45, 7) is 1.88. The molecule has 1 aromatic rings. The number of hydrogen-bond acceptors (Lipinski definition) is 2. The van der Waals surface area contributed by atoms with Crippen molar-refractivity contribution >= 4 is 23.1 Å². The van der Waals surface area contributed by atoms with Gasteiger partial charge in [0.2, 0.25) is 5.91 Å². The van der Waals surface area contributed by atoms with E-state index < -0.39 is 5.41 Å².